The molecule has 0 fully saturated rings. The van der Waals surface area contributed by atoms with Crippen molar-refractivity contribution in [3.63, 3.8) is 0 Å². The van der Waals surface area contributed by atoms with Gasteiger partial charge in [0.05, 0.1) is 30.0 Å². The van der Waals surface area contributed by atoms with Crippen molar-refractivity contribution in [2.24, 2.45) is 0 Å². The summed E-state index contributed by atoms with van der Waals surface area (Å²) in [6.45, 7) is 2.20. The first kappa shape index (κ1) is 16.3. The van der Waals surface area contributed by atoms with Gasteiger partial charge in [-0.25, -0.2) is 9.97 Å². The van der Waals surface area contributed by atoms with Gasteiger partial charge in [-0.05, 0) is 12.0 Å². The minimum atomic E-state index is 0.155. The van der Waals surface area contributed by atoms with Crippen LogP contribution in [0.25, 0.3) is 22.5 Å². The van der Waals surface area contributed by atoms with Crippen LogP contribution in [0.5, 0.6) is 0 Å². The summed E-state index contributed by atoms with van der Waals surface area (Å²) in [5.41, 5.74) is 4.31. The molecular formula is C22H22N4. The predicted molar refractivity (Wildman–Crippen MR) is 105 cm³/mol. The van der Waals surface area contributed by atoms with Gasteiger partial charge in [-0.3, -0.25) is 0 Å². The highest BCUT2D eigenvalue weighted by Gasteiger charge is 2.17. The minimum absolute atomic E-state index is 0.155. The van der Waals surface area contributed by atoms with Gasteiger partial charge in [0.25, 0.3) is 0 Å². The van der Waals surface area contributed by atoms with Crippen LogP contribution in [0.4, 0.5) is 0 Å². The number of aromatic amines is 1. The van der Waals surface area contributed by atoms with Gasteiger partial charge in [0.1, 0.15) is 5.82 Å². The molecule has 4 heteroatoms. The molecule has 0 saturated carbocycles. The van der Waals surface area contributed by atoms with E-state index in [1.54, 1.807) is 0 Å². The third-order valence-electron chi connectivity index (χ3n) is 4.59. The van der Waals surface area contributed by atoms with E-state index >= 15 is 0 Å². The maximum absolute atomic E-state index is 4.67. The molecule has 0 saturated heterocycles. The van der Waals surface area contributed by atoms with Crippen LogP contribution in [0.3, 0.4) is 0 Å². The van der Waals surface area contributed by atoms with Crippen LogP contribution >= 0.6 is 0 Å². The number of benzene rings is 2. The topological polar surface area (TPSA) is 46.5 Å². The van der Waals surface area contributed by atoms with E-state index in [4.69, 9.17) is 0 Å². The fourth-order valence-electron chi connectivity index (χ4n) is 3.24. The number of hydrogen-bond donors (Lipinski definition) is 1. The molecule has 1 unspecified atom stereocenters. The SMILES string of the molecule is CCCC(c1ncc(-c2ccccc2)[nH]1)n1cnc(-c2ccccc2)c1. The summed E-state index contributed by atoms with van der Waals surface area (Å²) in [6.07, 6.45) is 8.02. The van der Waals surface area contributed by atoms with Crippen LogP contribution in [0.2, 0.25) is 0 Å². The third-order valence-corrected chi connectivity index (χ3v) is 4.59. The Morgan fingerprint density at radius 1 is 0.923 bits per heavy atom. The maximum Gasteiger partial charge on any atom is 0.129 e. The van der Waals surface area contributed by atoms with E-state index in [0.717, 1.165) is 41.2 Å². The van der Waals surface area contributed by atoms with Crippen molar-refractivity contribution in [3.8, 4) is 22.5 Å². The summed E-state index contributed by atoms with van der Waals surface area (Å²) in [6, 6.07) is 20.7. The van der Waals surface area contributed by atoms with Crippen molar-refractivity contribution in [2.75, 3.05) is 0 Å². The van der Waals surface area contributed by atoms with Gasteiger partial charge in [-0.1, -0.05) is 74.0 Å². The standard InChI is InChI=1S/C22H22N4/c1-2-9-21(22-23-14-19(25-22)17-10-5-3-6-11-17)26-15-20(24-16-26)18-12-7-4-8-13-18/h3-8,10-16,21H,2,9H2,1H3,(H,23,25). The summed E-state index contributed by atoms with van der Waals surface area (Å²) >= 11 is 0. The molecule has 0 aliphatic heterocycles. The number of rotatable bonds is 6. The molecule has 26 heavy (non-hydrogen) atoms. The number of nitrogens with one attached hydrogen (secondary N) is 1. The van der Waals surface area contributed by atoms with Crippen LogP contribution in [-0.4, -0.2) is 19.5 Å². The molecule has 130 valence electrons. The highest BCUT2D eigenvalue weighted by Crippen LogP contribution is 2.26. The van der Waals surface area contributed by atoms with Gasteiger partial charge in [-0.15, -0.1) is 0 Å². The molecule has 2 aromatic carbocycles. The van der Waals surface area contributed by atoms with E-state index in [1.807, 2.05) is 48.9 Å². The second kappa shape index (κ2) is 7.40. The number of nitrogens with zero attached hydrogens (tertiary/aromatic N) is 3. The molecule has 0 radical (unpaired) electrons. The zero-order valence-corrected chi connectivity index (χ0v) is 14.8. The average Bonchev–Trinajstić information content (AvgIpc) is 3.38. The molecule has 0 spiro atoms. The monoisotopic (exact) mass is 342 g/mol. The molecule has 0 bridgehead atoms. The molecule has 1 N–H and O–H groups in total. The third kappa shape index (κ3) is 3.31. The molecule has 4 rings (SSSR count). The maximum atomic E-state index is 4.67. The molecule has 0 amide bonds. The number of imidazole rings is 2. The van der Waals surface area contributed by atoms with Crippen LogP contribution in [-0.2, 0) is 0 Å². The van der Waals surface area contributed by atoms with E-state index in [-0.39, 0.29) is 6.04 Å². The smallest absolute Gasteiger partial charge is 0.129 e. The molecule has 4 aromatic rings. The molecule has 0 aliphatic carbocycles. The first-order chi connectivity index (χ1) is 12.8. The summed E-state index contributed by atoms with van der Waals surface area (Å²) in [7, 11) is 0. The van der Waals surface area contributed by atoms with E-state index in [9.17, 15) is 0 Å². The van der Waals surface area contributed by atoms with Crippen molar-refractivity contribution in [1.82, 2.24) is 19.5 Å². The first-order valence-electron chi connectivity index (χ1n) is 9.04. The quantitative estimate of drug-likeness (QED) is 0.515. The van der Waals surface area contributed by atoms with E-state index in [1.165, 1.54) is 0 Å². The summed E-state index contributed by atoms with van der Waals surface area (Å²) in [5.74, 6) is 0.975. The normalized spacial score (nSPS) is 12.2. The highest BCUT2D eigenvalue weighted by molar-refractivity contribution is 5.59. The summed E-state index contributed by atoms with van der Waals surface area (Å²) in [5, 5.41) is 0. The Bertz CT molecular complexity index is 876. The van der Waals surface area contributed by atoms with Gasteiger partial charge in [0, 0.05) is 11.8 Å². The Hall–Kier alpha value is -3.14. The fourth-order valence-corrected chi connectivity index (χ4v) is 3.24. The van der Waals surface area contributed by atoms with Gasteiger partial charge in [0.2, 0.25) is 0 Å². The number of aromatic nitrogens is 4. The van der Waals surface area contributed by atoms with Crippen LogP contribution in [0.1, 0.15) is 31.6 Å². The number of hydrogen-bond acceptors (Lipinski definition) is 2. The van der Waals surface area contributed by atoms with Gasteiger partial charge < -0.3 is 9.55 Å². The van der Waals surface area contributed by atoms with Crippen molar-refractivity contribution in [1.29, 1.82) is 0 Å². The second-order valence-electron chi connectivity index (χ2n) is 6.42. The van der Waals surface area contributed by atoms with Crippen molar-refractivity contribution >= 4 is 0 Å². The summed E-state index contributed by atoms with van der Waals surface area (Å²) in [4.78, 5) is 12.8. The number of H-pyrrole nitrogens is 1. The lowest BCUT2D eigenvalue weighted by Crippen LogP contribution is -2.10. The second-order valence-corrected chi connectivity index (χ2v) is 6.42. The fraction of sp³-hybridized carbons (Fsp3) is 0.182. The van der Waals surface area contributed by atoms with Gasteiger partial charge >= 0.3 is 0 Å². The lowest BCUT2D eigenvalue weighted by atomic mass is 10.1. The van der Waals surface area contributed by atoms with E-state index < -0.39 is 0 Å². The minimum Gasteiger partial charge on any atom is -0.340 e. The van der Waals surface area contributed by atoms with Gasteiger partial charge in [0.15, 0.2) is 0 Å². The zero-order chi connectivity index (χ0) is 17.8. The molecule has 2 heterocycles. The molecule has 1 atom stereocenters. The Morgan fingerprint density at radius 2 is 1.62 bits per heavy atom. The Labute approximate surface area is 153 Å². The molecule has 4 nitrogen and oxygen atoms in total. The van der Waals surface area contributed by atoms with Crippen molar-refractivity contribution < 1.29 is 0 Å². The molecule has 2 aromatic heterocycles. The molecule has 0 aliphatic rings. The largest absolute Gasteiger partial charge is 0.340 e. The lowest BCUT2D eigenvalue weighted by molar-refractivity contribution is 0.510. The van der Waals surface area contributed by atoms with E-state index in [0.29, 0.717) is 0 Å². The van der Waals surface area contributed by atoms with E-state index in [2.05, 4.69) is 56.9 Å². The zero-order valence-electron chi connectivity index (χ0n) is 14.8. The molecular weight excluding hydrogens is 320 g/mol. The highest BCUT2D eigenvalue weighted by atomic mass is 15.1. The van der Waals surface area contributed by atoms with Gasteiger partial charge in [-0.2, -0.15) is 0 Å². The Balaban J connectivity index is 1.65. The summed E-state index contributed by atoms with van der Waals surface area (Å²) < 4.78 is 2.17. The van der Waals surface area contributed by atoms with Crippen LogP contribution < -0.4 is 0 Å². The predicted octanol–water partition coefficient (Wildman–Crippen LogP) is 5.33. The Kier molecular flexibility index (Phi) is 4.65. The first-order valence-corrected chi connectivity index (χ1v) is 9.04. The van der Waals surface area contributed by atoms with Crippen LogP contribution in [0, 0.1) is 0 Å². The average molecular weight is 342 g/mol. The Morgan fingerprint density at radius 3 is 2.31 bits per heavy atom. The van der Waals surface area contributed by atoms with Crippen LogP contribution in [0.15, 0.2) is 79.4 Å². The lowest BCUT2D eigenvalue weighted by Gasteiger charge is -2.15. The van der Waals surface area contributed by atoms with Crippen molar-refractivity contribution in [2.45, 2.75) is 25.8 Å². The van der Waals surface area contributed by atoms with Crippen molar-refractivity contribution in [3.05, 3.63) is 85.2 Å².